The van der Waals surface area contributed by atoms with Crippen molar-refractivity contribution in [3.63, 3.8) is 0 Å². The highest BCUT2D eigenvalue weighted by Gasteiger charge is 2.24. The molecule has 1 fully saturated rings. The number of aromatic nitrogens is 2. The summed E-state index contributed by atoms with van der Waals surface area (Å²) < 4.78 is 0. The van der Waals surface area contributed by atoms with Gasteiger partial charge >= 0.3 is 0 Å². The fourth-order valence-corrected chi connectivity index (χ4v) is 3.45. The van der Waals surface area contributed by atoms with E-state index in [1.54, 1.807) is 17.0 Å². The minimum atomic E-state index is -0.0968. The van der Waals surface area contributed by atoms with Crippen LogP contribution in [0.1, 0.15) is 16.9 Å². The quantitative estimate of drug-likeness (QED) is 0.920. The van der Waals surface area contributed by atoms with Crippen molar-refractivity contribution in [2.24, 2.45) is 0 Å². The zero-order valence-electron chi connectivity index (χ0n) is 12.7. The van der Waals surface area contributed by atoms with Crippen molar-refractivity contribution >= 4 is 29.3 Å². The van der Waals surface area contributed by atoms with Gasteiger partial charge in [-0.2, -0.15) is 0 Å². The fourth-order valence-electron chi connectivity index (χ4n) is 2.45. The molecule has 5 nitrogen and oxygen atoms in total. The highest BCUT2D eigenvalue weighted by molar-refractivity contribution is 7.99. The average molecular weight is 349 g/mol. The van der Waals surface area contributed by atoms with E-state index in [2.05, 4.69) is 15.5 Å². The maximum atomic E-state index is 12.4. The standard InChI is InChI=1S/C16H17ClN4OS/c1-21(11-8-9-18-10-11)16(22)13-6-7-15(20-19-13)23-14-5-3-2-4-12(14)17/h2-7,11,18H,8-10H2,1H3. The Hall–Kier alpha value is -1.63. The van der Waals surface area contributed by atoms with Crippen LogP contribution in [0.25, 0.3) is 0 Å². The monoisotopic (exact) mass is 348 g/mol. The Bertz CT molecular complexity index is 689. The van der Waals surface area contributed by atoms with E-state index in [0.717, 1.165) is 24.4 Å². The summed E-state index contributed by atoms with van der Waals surface area (Å²) in [5.41, 5.74) is 0.364. The van der Waals surface area contributed by atoms with Crippen LogP contribution in [0.5, 0.6) is 0 Å². The lowest BCUT2D eigenvalue weighted by molar-refractivity contribution is 0.0736. The molecule has 2 heterocycles. The normalized spacial score (nSPS) is 17.2. The number of amides is 1. The van der Waals surface area contributed by atoms with Crippen molar-refractivity contribution in [1.82, 2.24) is 20.4 Å². The highest BCUT2D eigenvalue weighted by atomic mass is 35.5. The third-order valence-corrected chi connectivity index (χ3v) is 5.26. The minimum absolute atomic E-state index is 0.0968. The molecule has 1 amide bonds. The van der Waals surface area contributed by atoms with Crippen molar-refractivity contribution < 1.29 is 4.79 Å². The molecule has 23 heavy (non-hydrogen) atoms. The van der Waals surface area contributed by atoms with Crippen molar-refractivity contribution in [2.45, 2.75) is 22.4 Å². The van der Waals surface area contributed by atoms with Crippen LogP contribution in [0, 0.1) is 0 Å². The Morgan fingerprint density at radius 2 is 2.13 bits per heavy atom. The number of carbonyl (C=O) groups excluding carboxylic acids is 1. The number of nitrogens with zero attached hydrogens (tertiary/aromatic N) is 3. The summed E-state index contributed by atoms with van der Waals surface area (Å²) in [7, 11) is 1.81. The lowest BCUT2D eigenvalue weighted by Crippen LogP contribution is -2.38. The van der Waals surface area contributed by atoms with Gasteiger partial charge in [-0.1, -0.05) is 35.5 Å². The molecule has 1 saturated heterocycles. The Morgan fingerprint density at radius 3 is 2.78 bits per heavy atom. The number of rotatable bonds is 4. The number of likely N-dealkylation sites (N-methyl/N-ethyl adjacent to an activating group) is 1. The Kier molecular flexibility index (Phi) is 5.15. The highest BCUT2D eigenvalue weighted by Crippen LogP contribution is 2.31. The lowest BCUT2D eigenvalue weighted by Gasteiger charge is -2.23. The maximum absolute atomic E-state index is 12.4. The molecule has 120 valence electrons. The largest absolute Gasteiger partial charge is 0.336 e. The van der Waals surface area contributed by atoms with Gasteiger partial charge in [-0.05, 0) is 37.2 Å². The van der Waals surface area contributed by atoms with E-state index in [4.69, 9.17) is 11.6 Å². The second-order valence-corrected chi connectivity index (χ2v) is 6.82. The van der Waals surface area contributed by atoms with Gasteiger partial charge in [0.25, 0.3) is 5.91 Å². The van der Waals surface area contributed by atoms with E-state index in [0.29, 0.717) is 15.7 Å². The molecule has 1 aromatic heterocycles. The molecule has 1 aromatic carbocycles. The second-order valence-electron chi connectivity index (χ2n) is 5.35. The number of benzene rings is 1. The van der Waals surface area contributed by atoms with E-state index < -0.39 is 0 Å². The molecule has 1 atom stereocenters. The van der Waals surface area contributed by atoms with Crippen molar-refractivity contribution in [2.75, 3.05) is 20.1 Å². The van der Waals surface area contributed by atoms with Gasteiger partial charge in [0.15, 0.2) is 5.69 Å². The molecule has 3 rings (SSSR count). The first-order valence-corrected chi connectivity index (χ1v) is 8.58. The summed E-state index contributed by atoms with van der Waals surface area (Å²) in [4.78, 5) is 15.1. The Balaban J connectivity index is 1.69. The van der Waals surface area contributed by atoms with Crippen LogP contribution in [0.3, 0.4) is 0 Å². The number of nitrogens with one attached hydrogen (secondary N) is 1. The van der Waals surface area contributed by atoms with Gasteiger partial charge in [-0.15, -0.1) is 10.2 Å². The van der Waals surface area contributed by atoms with Crippen molar-refractivity contribution in [3.05, 3.63) is 47.1 Å². The molecular weight excluding hydrogens is 332 g/mol. The van der Waals surface area contributed by atoms with Gasteiger partial charge in [0.2, 0.25) is 0 Å². The molecule has 1 aliphatic rings. The number of hydrogen-bond acceptors (Lipinski definition) is 5. The Morgan fingerprint density at radius 1 is 1.30 bits per heavy atom. The van der Waals surface area contributed by atoms with E-state index in [1.165, 1.54) is 11.8 Å². The van der Waals surface area contributed by atoms with Crippen LogP contribution >= 0.6 is 23.4 Å². The molecule has 1 unspecified atom stereocenters. The van der Waals surface area contributed by atoms with Crippen LogP contribution in [0.2, 0.25) is 5.02 Å². The number of hydrogen-bond donors (Lipinski definition) is 1. The molecule has 0 aliphatic carbocycles. The second kappa shape index (κ2) is 7.29. The van der Waals surface area contributed by atoms with Gasteiger partial charge in [0.1, 0.15) is 5.03 Å². The third kappa shape index (κ3) is 3.83. The summed E-state index contributed by atoms with van der Waals surface area (Å²) >= 11 is 7.56. The fraction of sp³-hybridized carbons (Fsp3) is 0.312. The molecule has 7 heteroatoms. The van der Waals surface area contributed by atoms with Crippen molar-refractivity contribution in [3.8, 4) is 0 Å². The maximum Gasteiger partial charge on any atom is 0.274 e. The number of halogens is 1. The van der Waals surface area contributed by atoms with E-state index >= 15 is 0 Å². The predicted octanol–water partition coefficient (Wildman–Crippen LogP) is 2.72. The van der Waals surface area contributed by atoms with E-state index in [9.17, 15) is 4.79 Å². The van der Waals surface area contributed by atoms with Gasteiger partial charge in [-0.3, -0.25) is 4.79 Å². The smallest absolute Gasteiger partial charge is 0.274 e. The molecule has 1 N–H and O–H groups in total. The van der Waals surface area contributed by atoms with Gasteiger partial charge in [0, 0.05) is 24.5 Å². The van der Waals surface area contributed by atoms with E-state index in [1.807, 2.05) is 31.3 Å². The lowest BCUT2D eigenvalue weighted by atomic mass is 10.2. The van der Waals surface area contributed by atoms with Crippen LogP contribution in [0.15, 0.2) is 46.3 Å². The first kappa shape index (κ1) is 16.2. The summed E-state index contributed by atoms with van der Waals surface area (Å²) in [6.45, 7) is 1.78. The van der Waals surface area contributed by atoms with Crippen LogP contribution in [-0.2, 0) is 0 Å². The average Bonchev–Trinajstić information content (AvgIpc) is 3.11. The summed E-state index contributed by atoms with van der Waals surface area (Å²) in [6.07, 6.45) is 0.968. The third-order valence-electron chi connectivity index (χ3n) is 3.81. The SMILES string of the molecule is CN(C(=O)c1ccc(Sc2ccccc2Cl)nn1)C1CCNC1. The number of carbonyl (C=O) groups is 1. The van der Waals surface area contributed by atoms with E-state index in [-0.39, 0.29) is 11.9 Å². The van der Waals surface area contributed by atoms with Crippen LogP contribution in [0.4, 0.5) is 0 Å². The topological polar surface area (TPSA) is 58.1 Å². The zero-order valence-corrected chi connectivity index (χ0v) is 14.3. The molecule has 1 aliphatic heterocycles. The van der Waals surface area contributed by atoms with Crippen LogP contribution < -0.4 is 5.32 Å². The van der Waals surface area contributed by atoms with Crippen molar-refractivity contribution in [1.29, 1.82) is 0 Å². The van der Waals surface area contributed by atoms with Gasteiger partial charge in [-0.25, -0.2) is 0 Å². The van der Waals surface area contributed by atoms with Gasteiger partial charge < -0.3 is 10.2 Å². The summed E-state index contributed by atoms with van der Waals surface area (Å²) in [5.74, 6) is -0.0968. The first-order chi connectivity index (χ1) is 11.1. The summed E-state index contributed by atoms with van der Waals surface area (Å²) in [6, 6.07) is 11.3. The summed E-state index contributed by atoms with van der Waals surface area (Å²) in [5, 5.41) is 12.8. The minimum Gasteiger partial charge on any atom is -0.336 e. The predicted molar refractivity (Wildman–Crippen MR) is 91.0 cm³/mol. The molecule has 0 spiro atoms. The molecule has 0 radical (unpaired) electrons. The zero-order chi connectivity index (χ0) is 16.2. The molecule has 2 aromatic rings. The molecule has 0 saturated carbocycles. The van der Waals surface area contributed by atoms with Gasteiger partial charge in [0.05, 0.1) is 5.02 Å². The Labute approximate surface area is 144 Å². The first-order valence-electron chi connectivity index (χ1n) is 7.39. The molecule has 0 bridgehead atoms. The van der Waals surface area contributed by atoms with Crippen LogP contribution in [-0.4, -0.2) is 47.2 Å². The molecular formula is C16H17ClN4OS.